The zero-order valence-corrected chi connectivity index (χ0v) is 19.6. The van der Waals surface area contributed by atoms with Gasteiger partial charge in [0.15, 0.2) is 0 Å². The number of rotatable bonds is 12. The van der Waals surface area contributed by atoms with Gasteiger partial charge in [0.25, 0.3) is 0 Å². The van der Waals surface area contributed by atoms with E-state index in [1.54, 1.807) is 30.3 Å². The van der Waals surface area contributed by atoms with Crippen LogP contribution in [0.4, 0.5) is 10.1 Å². The molecule has 0 aromatic heterocycles. The van der Waals surface area contributed by atoms with Crippen molar-refractivity contribution in [2.45, 2.75) is 32.4 Å². The van der Waals surface area contributed by atoms with Gasteiger partial charge < -0.3 is 20.1 Å². The van der Waals surface area contributed by atoms with E-state index in [4.69, 9.17) is 9.47 Å². The Morgan fingerprint density at radius 2 is 1.57 bits per heavy atom. The van der Waals surface area contributed by atoms with E-state index in [-0.39, 0.29) is 24.8 Å². The highest BCUT2D eigenvalue weighted by Gasteiger charge is 2.21. The lowest BCUT2D eigenvalue weighted by atomic mass is 10.2. The van der Waals surface area contributed by atoms with E-state index >= 15 is 0 Å². The highest BCUT2D eigenvalue weighted by molar-refractivity contribution is 5.97. The summed E-state index contributed by atoms with van der Waals surface area (Å²) < 4.78 is 24.4. The molecule has 0 aliphatic carbocycles. The Morgan fingerprint density at radius 1 is 0.914 bits per heavy atom. The molecule has 0 saturated heterocycles. The fraction of sp³-hybridized carbons (Fsp3) is 0.214. The SMILES string of the molecule is CCC=CCC(=O)NC(COCc1ccccc1)C(=O)Nc1ccc(Oc2ccc(F)cc2)cc1. The Kier molecular flexibility index (Phi) is 10.0. The Balaban J connectivity index is 1.59. The van der Waals surface area contributed by atoms with Gasteiger partial charge in [0.05, 0.1) is 13.2 Å². The average Bonchev–Trinajstić information content (AvgIpc) is 2.87. The number of hydrogen-bond donors (Lipinski definition) is 2. The number of ether oxygens (including phenoxy) is 2. The summed E-state index contributed by atoms with van der Waals surface area (Å²) in [4.78, 5) is 25.3. The minimum atomic E-state index is -0.864. The average molecular weight is 477 g/mol. The van der Waals surface area contributed by atoms with Gasteiger partial charge in [-0.05, 0) is 60.5 Å². The maximum absolute atomic E-state index is 13.1. The van der Waals surface area contributed by atoms with Crippen LogP contribution in [0, 0.1) is 5.82 Å². The molecule has 0 bridgehead atoms. The molecule has 2 amide bonds. The number of hydrogen-bond acceptors (Lipinski definition) is 4. The summed E-state index contributed by atoms with van der Waals surface area (Å²) >= 11 is 0. The lowest BCUT2D eigenvalue weighted by molar-refractivity contribution is -0.127. The quantitative estimate of drug-likeness (QED) is 0.333. The first-order valence-electron chi connectivity index (χ1n) is 11.4. The molecule has 3 rings (SSSR count). The van der Waals surface area contributed by atoms with Crippen molar-refractivity contribution in [3.05, 3.63) is 102 Å². The van der Waals surface area contributed by atoms with E-state index in [1.165, 1.54) is 24.3 Å². The van der Waals surface area contributed by atoms with Crippen molar-refractivity contribution in [1.82, 2.24) is 5.32 Å². The molecule has 7 heteroatoms. The number of carbonyl (C=O) groups is 2. The van der Waals surface area contributed by atoms with Crippen LogP contribution < -0.4 is 15.4 Å². The van der Waals surface area contributed by atoms with Crippen LogP contribution in [0.25, 0.3) is 0 Å². The number of halogens is 1. The van der Waals surface area contributed by atoms with E-state index in [1.807, 2.05) is 43.3 Å². The molecule has 0 spiro atoms. The predicted molar refractivity (Wildman–Crippen MR) is 134 cm³/mol. The molecule has 2 N–H and O–H groups in total. The third kappa shape index (κ3) is 9.06. The fourth-order valence-electron chi connectivity index (χ4n) is 3.14. The molecule has 0 radical (unpaired) electrons. The highest BCUT2D eigenvalue weighted by atomic mass is 19.1. The molecule has 0 aliphatic heterocycles. The summed E-state index contributed by atoms with van der Waals surface area (Å²) in [5.74, 6) is 0.0393. The van der Waals surface area contributed by atoms with Gasteiger partial charge in [-0.3, -0.25) is 9.59 Å². The molecule has 3 aromatic carbocycles. The monoisotopic (exact) mass is 476 g/mol. The molecule has 3 aromatic rings. The molecule has 0 saturated carbocycles. The summed E-state index contributed by atoms with van der Waals surface area (Å²) in [5, 5.41) is 5.55. The molecule has 0 aliphatic rings. The number of nitrogens with one attached hydrogen (secondary N) is 2. The van der Waals surface area contributed by atoms with Crippen molar-refractivity contribution in [3.63, 3.8) is 0 Å². The van der Waals surface area contributed by atoms with Crippen LogP contribution in [0.1, 0.15) is 25.3 Å². The van der Waals surface area contributed by atoms with Crippen molar-refractivity contribution >= 4 is 17.5 Å². The van der Waals surface area contributed by atoms with Gasteiger partial charge in [-0.1, -0.05) is 49.4 Å². The van der Waals surface area contributed by atoms with Gasteiger partial charge in [0.1, 0.15) is 23.4 Å². The first kappa shape index (κ1) is 25.6. The Bertz CT molecular complexity index is 1100. The summed E-state index contributed by atoms with van der Waals surface area (Å²) in [5.41, 5.74) is 1.51. The predicted octanol–water partition coefficient (Wildman–Crippen LogP) is 5.61. The summed E-state index contributed by atoms with van der Waals surface area (Å²) in [6.07, 6.45) is 4.69. The Hall–Kier alpha value is -3.97. The topological polar surface area (TPSA) is 76.7 Å². The molecular formula is C28H29FN2O4. The largest absolute Gasteiger partial charge is 0.457 e. The summed E-state index contributed by atoms with van der Waals surface area (Å²) in [7, 11) is 0. The van der Waals surface area contributed by atoms with E-state index in [2.05, 4.69) is 10.6 Å². The standard InChI is InChI=1S/C28H29FN2O4/c1-2-3-5-10-27(32)31-26(20-34-19-21-8-6-4-7-9-21)28(33)30-23-13-17-25(18-14-23)35-24-15-11-22(29)12-16-24/h3-9,11-18,26H,2,10,19-20H2,1H3,(H,30,33)(H,31,32). The van der Waals surface area contributed by atoms with Crippen LogP contribution in [-0.2, 0) is 20.9 Å². The number of carbonyl (C=O) groups excluding carboxylic acids is 2. The minimum absolute atomic E-state index is 0.0235. The number of amides is 2. The molecule has 182 valence electrons. The molecule has 6 nitrogen and oxygen atoms in total. The Labute approximate surface area is 204 Å². The molecule has 35 heavy (non-hydrogen) atoms. The van der Waals surface area contributed by atoms with E-state index in [9.17, 15) is 14.0 Å². The second-order valence-electron chi connectivity index (χ2n) is 7.77. The van der Waals surface area contributed by atoms with Gasteiger partial charge in [-0.15, -0.1) is 0 Å². The number of anilines is 1. The fourth-order valence-corrected chi connectivity index (χ4v) is 3.14. The molecule has 0 fully saturated rings. The highest BCUT2D eigenvalue weighted by Crippen LogP contribution is 2.23. The van der Waals surface area contributed by atoms with Crippen molar-refractivity contribution in [2.24, 2.45) is 0 Å². The Morgan fingerprint density at radius 3 is 2.23 bits per heavy atom. The minimum Gasteiger partial charge on any atom is -0.457 e. The molecule has 1 unspecified atom stereocenters. The third-order valence-corrected chi connectivity index (χ3v) is 4.92. The van der Waals surface area contributed by atoms with Crippen LogP contribution in [0.5, 0.6) is 11.5 Å². The van der Waals surface area contributed by atoms with Gasteiger partial charge in [0, 0.05) is 12.1 Å². The first-order valence-corrected chi connectivity index (χ1v) is 11.4. The second kappa shape index (κ2) is 13.7. The van der Waals surface area contributed by atoms with Crippen molar-refractivity contribution in [3.8, 4) is 11.5 Å². The number of allylic oxidation sites excluding steroid dienone is 1. The first-order chi connectivity index (χ1) is 17.0. The smallest absolute Gasteiger partial charge is 0.249 e. The van der Waals surface area contributed by atoms with Gasteiger partial charge in [0.2, 0.25) is 11.8 Å². The van der Waals surface area contributed by atoms with Gasteiger partial charge >= 0.3 is 0 Å². The second-order valence-corrected chi connectivity index (χ2v) is 7.77. The molecule has 1 atom stereocenters. The van der Waals surface area contributed by atoms with Crippen LogP contribution in [0.2, 0.25) is 0 Å². The van der Waals surface area contributed by atoms with Crippen LogP contribution >= 0.6 is 0 Å². The van der Waals surface area contributed by atoms with Crippen molar-refractivity contribution < 1.29 is 23.5 Å². The molecular weight excluding hydrogens is 447 g/mol. The zero-order chi connectivity index (χ0) is 24.9. The van der Waals surface area contributed by atoms with Gasteiger partial charge in [-0.25, -0.2) is 4.39 Å². The third-order valence-electron chi connectivity index (χ3n) is 4.92. The van der Waals surface area contributed by atoms with Crippen molar-refractivity contribution in [1.29, 1.82) is 0 Å². The van der Waals surface area contributed by atoms with E-state index < -0.39 is 11.9 Å². The normalized spacial score (nSPS) is 11.7. The lowest BCUT2D eigenvalue weighted by Crippen LogP contribution is -2.46. The zero-order valence-electron chi connectivity index (χ0n) is 19.6. The molecule has 0 heterocycles. The van der Waals surface area contributed by atoms with Gasteiger partial charge in [-0.2, -0.15) is 0 Å². The maximum atomic E-state index is 13.1. The maximum Gasteiger partial charge on any atom is 0.249 e. The summed E-state index contributed by atoms with van der Waals surface area (Å²) in [6, 6.07) is 21.2. The lowest BCUT2D eigenvalue weighted by Gasteiger charge is -2.19. The van der Waals surface area contributed by atoms with Crippen LogP contribution in [0.15, 0.2) is 91.0 Å². The van der Waals surface area contributed by atoms with Crippen LogP contribution in [-0.4, -0.2) is 24.5 Å². The van der Waals surface area contributed by atoms with Crippen LogP contribution in [0.3, 0.4) is 0 Å². The van der Waals surface area contributed by atoms with E-state index in [0.29, 0.717) is 23.8 Å². The number of benzene rings is 3. The van der Waals surface area contributed by atoms with Crippen molar-refractivity contribution in [2.75, 3.05) is 11.9 Å². The summed E-state index contributed by atoms with van der Waals surface area (Å²) in [6.45, 7) is 2.33. The van der Waals surface area contributed by atoms with E-state index in [0.717, 1.165) is 12.0 Å².